The summed E-state index contributed by atoms with van der Waals surface area (Å²) in [7, 11) is 0. The maximum Gasteiger partial charge on any atom is 0.416 e. The van der Waals surface area contributed by atoms with E-state index in [1.807, 2.05) is 12.1 Å². The van der Waals surface area contributed by atoms with Crippen LogP contribution in [-0.4, -0.2) is 178 Å². The Hall–Kier alpha value is -10.8. The molecule has 20 N–H and O–H groups in total. The van der Waals surface area contributed by atoms with Crippen LogP contribution in [0.15, 0.2) is 122 Å². The number of fused-ring (bicyclic) bond motifs is 8. The minimum Gasteiger partial charge on any atom is -0.487 e. The molecule has 8 aliphatic rings. The minimum atomic E-state index is -4.55. The number of nitrogens with zero attached hydrogens (tertiary/aromatic N) is 8. The van der Waals surface area contributed by atoms with Gasteiger partial charge in [0.2, 0.25) is 0 Å². The predicted octanol–water partition coefficient (Wildman–Crippen LogP) is 8.02. The number of aromatic nitrogens is 8. The first-order chi connectivity index (χ1) is 59.0. The second-order valence-corrected chi connectivity index (χ2v) is 32.5. The molecule has 12 heterocycles. The summed E-state index contributed by atoms with van der Waals surface area (Å²) in [5.74, 6) is -1.66. The smallest absolute Gasteiger partial charge is 0.416 e. The Morgan fingerprint density at radius 1 is 0.374 bits per heavy atom. The van der Waals surface area contributed by atoms with Gasteiger partial charge in [-0.2, -0.15) is 13.2 Å². The van der Waals surface area contributed by atoms with Crippen LogP contribution in [0, 0.1) is 34.9 Å². The number of rotatable bonds is 12. The van der Waals surface area contributed by atoms with Crippen molar-refractivity contribution in [3.63, 3.8) is 0 Å². The largest absolute Gasteiger partial charge is 0.487 e. The summed E-state index contributed by atoms with van der Waals surface area (Å²) in [5, 5.41) is 98.8. The molecule has 0 radical (unpaired) electrons. The van der Waals surface area contributed by atoms with Crippen LogP contribution in [0.3, 0.4) is 0 Å². The van der Waals surface area contributed by atoms with Gasteiger partial charge in [-0.15, -0.1) is 0 Å². The van der Waals surface area contributed by atoms with E-state index in [4.69, 9.17) is 53.5 Å². The van der Waals surface area contributed by atoms with Crippen LogP contribution in [0.4, 0.5) is 62.3 Å². The average molecular weight is 1730 g/mol. The van der Waals surface area contributed by atoms with Crippen molar-refractivity contribution in [1.82, 2.24) is 59.5 Å². The van der Waals surface area contributed by atoms with Crippen molar-refractivity contribution in [3.8, 4) is 23.0 Å². The average Bonchev–Trinajstić information content (AvgIpc) is 1.61. The zero-order chi connectivity index (χ0) is 86.5. The van der Waals surface area contributed by atoms with E-state index in [9.17, 15) is 80.4 Å². The normalized spacial score (nSPS) is 25.9. The number of benzene rings is 4. The second-order valence-electron chi connectivity index (χ2n) is 32.1. The molecule has 4 saturated carbocycles. The van der Waals surface area contributed by atoms with Gasteiger partial charge in [0.25, 0.3) is 0 Å². The Balaban J connectivity index is 0.000000116. The summed E-state index contributed by atoms with van der Waals surface area (Å²) in [6.45, 7) is 4.85. The van der Waals surface area contributed by atoms with Gasteiger partial charge in [-0.3, -0.25) is 0 Å². The molecule has 4 aliphatic carbocycles. The number of aliphatic hydroxyl groups is 8. The van der Waals surface area contributed by atoms with Crippen molar-refractivity contribution >= 4 is 78.5 Å². The van der Waals surface area contributed by atoms with Crippen molar-refractivity contribution in [1.29, 1.82) is 0 Å². The van der Waals surface area contributed by atoms with Crippen molar-refractivity contribution in [2.45, 2.75) is 181 Å². The zero-order valence-corrected chi connectivity index (χ0v) is 66.2. The first-order valence-electron chi connectivity index (χ1n) is 40.2. The van der Waals surface area contributed by atoms with Crippen molar-refractivity contribution < 1.29 is 99.3 Å². The number of nitrogens with two attached hydrogens (primary N) is 4. The predicted molar refractivity (Wildman–Crippen MR) is 434 cm³/mol. The number of nitrogen functional groups attached to an aromatic ring is 4. The summed E-state index contributed by atoms with van der Waals surface area (Å²) in [5.41, 5.74) is 31.0. The molecule has 650 valence electrons. The summed E-state index contributed by atoms with van der Waals surface area (Å²) in [6, 6.07) is 15.3. The number of hydrogen-bond acceptors (Lipinski definition) is 24. The monoisotopic (exact) mass is 1730 g/mol. The topological polar surface area (TPSA) is 422 Å². The molecule has 4 aliphatic heterocycles. The molecule has 38 heteroatoms. The summed E-state index contributed by atoms with van der Waals surface area (Å²) in [4.78, 5) is 16.8. The van der Waals surface area contributed by atoms with Crippen LogP contribution in [0.2, 0.25) is 5.02 Å². The number of halogens is 10. The number of aliphatic hydroxyl groups excluding tert-OH is 8. The van der Waals surface area contributed by atoms with E-state index in [0.29, 0.717) is 97.8 Å². The van der Waals surface area contributed by atoms with Crippen LogP contribution in [0.1, 0.15) is 99.9 Å². The molecule has 8 aromatic heterocycles. The molecule has 4 fully saturated rings. The first kappa shape index (κ1) is 84.4. The van der Waals surface area contributed by atoms with Gasteiger partial charge < -0.3 is 122 Å². The third-order valence-corrected chi connectivity index (χ3v) is 25.0. The van der Waals surface area contributed by atoms with Crippen LogP contribution < -0.4 is 63.1 Å². The van der Waals surface area contributed by atoms with Crippen LogP contribution in [0.25, 0.3) is 44.1 Å². The van der Waals surface area contributed by atoms with E-state index >= 15 is 0 Å². The van der Waals surface area contributed by atoms with Gasteiger partial charge in [0, 0.05) is 153 Å². The molecule has 8 unspecified atom stereocenters. The number of nitrogens with one attached hydrogen (secondary N) is 4. The molecule has 0 amide bonds. The Morgan fingerprint density at radius 2 is 0.715 bits per heavy atom. The molecule has 123 heavy (non-hydrogen) atoms. The third kappa shape index (κ3) is 15.9. The van der Waals surface area contributed by atoms with E-state index in [1.165, 1.54) is 105 Å². The van der Waals surface area contributed by atoms with Gasteiger partial charge in [0.1, 0.15) is 130 Å². The van der Waals surface area contributed by atoms with Gasteiger partial charge in [-0.1, -0.05) is 23.7 Å². The van der Waals surface area contributed by atoms with Crippen LogP contribution in [0.5, 0.6) is 23.0 Å². The number of ether oxygens (including phenoxy) is 4. The van der Waals surface area contributed by atoms with E-state index in [-0.39, 0.29) is 91.3 Å². The van der Waals surface area contributed by atoms with Gasteiger partial charge in [0.05, 0.1) is 56.3 Å². The standard InChI is InChI=1S/C22H22F4N4O3.C21H21ClF2N4O3.C21H22F2N4O3.C21H23FN4O3/c23-13-9-30(21-18(13)14(27)2-4-29-21)15-7-17(20(32)19(15)31)33-16-6-11(22(24,25)26)5-10-1-3-28-8-12(10)16;22-11-5-15(10-7-26-3-1-9(10)18(11)24)31-16-6-14(19(29)20(16)30)28-8-12(23)17-13(25)2-4-27-21(17)28;22-11-5-10-1-3-25-8-12(10)16(6-11)30-17-7-15(19(28)20(17)29)27-9-13(23)18-14(24)2-4-26-21(18)27;22-13-10-26(21-18(13)14(23)5-7-25-21)15-8-17(20(28)19(15)27)29-16-3-1-2-11-9-24-6-4-12(11)16/h2,4-6,9,15,17,19-20,28,31-32H,1,3,7-8H2,(H2,27,29);2,4-5,8,14,16,19-20,26,29-30H,1,3,6-7H2,(H2,25,27);2,4-6,9,15,17,19-20,25,28-29H,1,3,7-8H2,(H2,24,26);1-3,5,7,10,15,17,19-20,24,27-28H,4,6,8-9H2,(H2,23,25)/t15?,17?,19-,20+;14?,16?,19-,20+;2*15?,17?,19-,20+/m0000/s1. The van der Waals surface area contributed by atoms with E-state index in [1.54, 1.807) is 4.57 Å². The highest BCUT2D eigenvalue weighted by molar-refractivity contribution is 6.31. The first-order valence-corrected chi connectivity index (χ1v) is 40.6. The second kappa shape index (κ2) is 34.0. The fourth-order valence-corrected chi connectivity index (χ4v) is 18.7. The maximum absolute atomic E-state index is 14.5. The lowest BCUT2D eigenvalue weighted by Crippen LogP contribution is -2.35. The molecule has 0 spiro atoms. The van der Waals surface area contributed by atoms with E-state index in [2.05, 4.69) is 47.3 Å². The quantitative estimate of drug-likeness (QED) is 0.0515. The SMILES string of the molecule is Nc1ccnc2c1c(F)cn2C1CC(Oc2cc(C(F)(F)F)cc3c2CNCC3)[C@@H](O)[C@H]1O.Nc1ccnc2c1c(F)cn2C1CC(Oc2cc(Cl)c(F)c3c2CNCC3)[C@@H](O)[C@H]1O.Nc1ccnc2c1c(F)cn2C1CC(Oc2cc(F)cc3c2CNCC3)[C@@H](O)[C@H]1O.Nc1ccnc2c1c(F)cn2C1CC(Oc2cccc3c2CCNC3)[C@@H](O)[C@H]1O. The third-order valence-electron chi connectivity index (χ3n) is 24.7. The molecule has 4 aromatic carbocycles. The number of anilines is 4. The molecule has 20 rings (SSSR count). The molecular weight excluding hydrogens is 1640 g/mol. The summed E-state index contributed by atoms with van der Waals surface area (Å²) < 4.78 is 157. The van der Waals surface area contributed by atoms with Crippen molar-refractivity contribution in [2.75, 3.05) is 49.1 Å². The number of alkyl halides is 3. The lowest BCUT2D eigenvalue weighted by molar-refractivity contribution is -0.137. The van der Waals surface area contributed by atoms with Gasteiger partial charge in [-0.05, 0) is 128 Å². The van der Waals surface area contributed by atoms with E-state index < -0.39 is 144 Å². The van der Waals surface area contributed by atoms with Crippen LogP contribution >= 0.6 is 11.6 Å². The fraction of sp³-hybridized carbons (Fsp3) is 0.388. The molecule has 0 saturated heterocycles. The minimum absolute atomic E-state index is 0.00911. The van der Waals surface area contributed by atoms with Crippen molar-refractivity contribution in [2.24, 2.45) is 0 Å². The highest BCUT2D eigenvalue weighted by Gasteiger charge is 2.50. The maximum atomic E-state index is 14.5. The zero-order valence-electron chi connectivity index (χ0n) is 65.5. The lowest BCUT2D eigenvalue weighted by atomic mass is 9.97. The summed E-state index contributed by atoms with van der Waals surface area (Å²) >= 11 is 6.06. The molecule has 0 bridgehead atoms. The molecule has 16 atom stereocenters. The Labute approximate surface area is 699 Å². The number of hydrogen-bond donors (Lipinski definition) is 16. The van der Waals surface area contributed by atoms with Gasteiger partial charge in [0.15, 0.2) is 23.3 Å². The Bertz CT molecular complexity index is 6000. The highest BCUT2D eigenvalue weighted by atomic mass is 35.5. The fourth-order valence-electron chi connectivity index (χ4n) is 18.5. The Kier molecular flexibility index (Phi) is 23.4. The highest BCUT2D eigenvalue weighted by Crippen LogP contribution is 2.47. The molecular formula is C85H88ClF9N16O12. The van der Waals surface area contributed by atoms with Crippen LogP contribution in [-0.2, 0) is 58.0 Å². The Morgan fingerprint density at radius 3 is 1.11 bits per heavy atom. The van der Waals surface area contributed by atoms with Crippen molar-refractivity contribution in [3.05, 3.63) is 212 Å². The molecule has 28 nitrogen and oxygen atoms in total. The molecule has 12 aromatic rings. The van der Waals surface area contributed by atoms with Gasteiger partial charge >= 0.3 is 6.18 Å². The van der Waals surface area contributed by atoms with E-state index in [0.717, 1.165) is 66.8 Å². The van der Waals surface area contributed by atoms with Gasteiger partial charge in [-0.25, -0.2) is 46.3 Å². The summed E-state index contributed by atoms with van der Waals surface area (Å²) in [6.07, 6.45) is -3.82. The lowest BCUT2D eigenvalue weighted by Gasteiger charge is -2.25. The number of pyridine rings is 4.